The molecule has 0 aromatic heterocycles. The molecule has 124 valence electrons. The predicted octanol–water partition coefficient (Wildman–Crippen LogP) is 0.937. The van der Waals surface area contributed by atoms with Crippen LogP contribution >= 0.6 is 0 Å². The van der Waals surface area contributed by atoms with E-state index in [0.717, 1.165) is 22.6 Å². The molecule has 0 aliphatic carbocycles. The number of hydrazone groups is 1. The molecule has 0 saturated heterocycles. The van der Waals surface area contributed by atoms with Gasteiger partial charge in [-0.15, -0.1) is 0 Å². The zero-order valence-electron chi connectivity index (χ0n) is 13.6. The van der Waals surface area contributed by atoms with E-state index in [4.69, 9.17) is 9.47 Å². The molecule has 0 unspecified atom stereocenters. The second-order valence-electron chi connectivity index (χ2n) is 5.18. The van der Waals surface area contributed by atoms with E-state index >= 15 is 0 Å². The molecule has 0 bridgehead atoms. The fourth-order valence-corrected chi connectivity index (χ4v) is 2.48. The monoisotopic (exact) mass is 319 g/mol. The van der Waals surface area contributed by atoms with Crippen molar-refractivity contribution in [3.05, 3.63) is 23.3 Å². The van der Waals surface area contributed by atoms with Crippen molar-refractivity contribution in [2.75, 3.05) is 20.8 Å². The molecule has 0 spiro atoms. The molecule has 7 nitrogen and oxygen atoms in total. The summed E-state index contributed by atoms with van der Waals surface area (Å²) in [5.74, 6) is 1.11. The van der Waals surface area contributed by atoms with Crippen LogP contribution < -0.4 is 20.2 Å². The van der Waals surface area contributed by atoms with E-state index in [1.54, 1.807) is 14.2 Å². The highest BCUT2D eigenvalue weighted by atomic mass is 16.5. The molecule has 23 heavy (non-hydrogen) atoms. The van der Waals surface area contributed by atoms with Crippen LogP contribution in [-0.4, -0.2) is 38.3 Å². The van der Waals surface area contributed by atoms with Crippen molar-refractivity contribution in [3.8, 4) is 11.5 Å². The summed E-state index contributed by atoms with van der Waals surface area (Å²) in [7, 11) is 3.23. The molecule has 7 heteroatoms. The summed E-state index contributed by atoms with van der Waals surface area (Å²) in [6.07, 6.45) is 1.28. The Kier molecular flexibility index (Phi) is 5.56. The minimum absolute atomic E-state index is 0.167. The van der Waals surface area contributed by atoms with Crippen LogP contribution in [-0.2, 0) is 16.0 Å². The van der Waals surface area contributed by atoms with Gasteiger partial charge in [0.2, 0.25) is 5.91 Å². The minimum atomic E-state index is -0.255. The number of carbonyl (C=O) groups is 2. The Labute approximate surface area is 135 Å². The number of amides is 2. The second kappa shape index (κ2) is 7.62. The highest BCUT2D eigenvalue weighted by molar-refractivity contribution is 6.39. The topological polar surface area (TPSA) is 89.0 Å². The molecule has 1 aliphatic rings. The summed E-state index contributed by atoms with van der Waals surface area (Å²) in [5, 5.41) is 6.58. The van der Waals surface area contributed by atoms with E-state index in [9.17, 15) is 9.59 Å². The van der Waals surface area contributed by atoms with Crippen molar-refractivity contribution >= 4 is 17.5 Å². The van der Waals surface area contributed by atoms with Gasteiger partial charge in [0.05, 0.1) is 14.2 Å². The van der Waals surface area contributed by atoms with Crippen LogP contribution in [0.1, 0.15) is 24.0 Å². The van der Waals surface area contributed by atoms with E-state index in [2.05, 4.69) is 15.8 Å². The molecular formula is C16H21N3O4. The number of nitrogens with zero attached hydrogens (tertiary/aromatic N) is 1. The lowest BCUT2D eigenvalue weighted by atomic mass is 10.1. The summed E-state index contributed by atoms with van der Waals surface area (Å²) >= 11 is 0. The van der Waals surface area contributed by atoms with Crippen molar-refractivity contribution in [3.63, 3.8) is 0 Å². The summed E-state index contributed by atoms with van der Waals surface area (Å²) in [5.41, 5.74) is 4.58. The van der Waals surface area contributed by atoms with Crippen LogP contribution in [0.2, 0.25) is 0 Å². The Morgan fingerprint density at radius 3 is 2.70 bits per heavy atom. The third-order valence-electron chi connectivity index (χ3n) is 3.71. The number of ether oxygens (including phenoxy) is 2. The lowest BCUT2D eigenvalue weighted by Gasteiger charge is -2.15. The van der Waals surface area contributed by atoms with Gasteiger partial charge in [-0.3, -0.25) is 9.59 Å². The molecule has 1 aromatic rings. The molecule has 0 fully saturated rings. The zero-order valence-corrected chi connectivity index (χ0v) is 13.6. The first-order valence-electron chi connectivity index (χ1n) is 7.41. The number of hydrogen-bond acceptors (Lipinski definition) is 5. The van der Waals surface area contributed by atoms with Gasteiger partial charge in [0.15, 0.2) is 0 Å². The van der Waals surface area contributed by atoms with Gasteiger partial charge in [0.25, 0.3) is 5.91 Å². The summed E-state index contributed by atoms with van der Waals surface area (Å²) < 4.78 is 10.7. The third kappa shape index (κ3) is 4.00. The number of methoxy groups -OCH3 is 2. The normalized spacial score (nSPS) is 13.9. The lowest BCUT2D eigenvalue weighted by Crippen LogP contribution is -2.37. The van der Waals surface area contributed by atoms with Crippen molar-refractivity contribution < 1.29 is 19.1 Å². The fourth-order valence-electron chi connectivity index (χ4n) is 2.48. The zero-order chi connectivity index (χ0) is 16.8. The fraction of sp³-hybridized carbons (Fsp3) is 0.438. The highest BCUT2D eigenvalue weighted by Crippen LogP contribution is 2.31. The summed E-state index contributed by atoms with van der Waals surface area (Å²) in [4.78, 5) is 23.0. The average Bonchev–Trinajstić information content (AvgIpc) is 2.55. The first-order valence-corrected chi connectivity index (χ1v) is 7.41. The molecule has 1 heterocycles. The Hall–Kier alpha value is -2.57. The molecular weight excluding hydrogens is 298 g/mol. The Morgan fingerprint density at radius 1 is 1.30 bits per heavy atom. The van der Waals surface area contributed by atoms with Gasteiger partial charge in [0, 0.05) is 24.9 Å². The van der Waals surface area contributed by atoms with Gasteiger partial charge in [-0.1, -0.05) is 6.07 Å². The number of nitrogens with one attached hydrogen (secondary N) is 2. The number of benzene rings is 1. The predicted molar refractivity (Wildman–Crippen MR) is 85.8 cm³/mol. The smallest absolute Gasteiger partial charge is 0.267 e. The van der Waals surface area contributed by atoms with E-state index in [1.165, 1.54) is 0 Å². The van der Waals surface area contributed by atoms with Gasteiger partial charge in [-0.25, -0.2) is 5.43 Å². The number of hydrogen-bond donors (Lipinski definition) is 2. The first-order chi connectivity index (χ1) is 11.1. The highest BCUT2D eigenvalue weighted by Gasteiger charge is 2.18. The maximum atomic E-state index is 12.0. The van der Waals surface area contributed by atoms with Gasteiger partial charge in [-0.05, 0) is 25.0 Å². The molecule has 2 amide bonds. The van der Waals surface area contributed by atoms with Crippen molar-refractivity contribution in [1.82, 2.24) is 10.7 Å². The molecule has 0 radical (unpaired) electrons. The Bertz CT molecular complexity index is 640. The van der Waals surface area contributed by atoms with Crippen LogP contribution in [0.25, 0.3) is 0 Å². The third-order valence-corrected chi connectivity index (χ3v) is 3.71. The molecule has 2 rings (SSSR count). The van der Waals surface area contributed by atoms with E-state index in [0.29, 0.717) is 25.1 Å². The van der Waals surface area contributed by atoms with Gasteiger partial charge < -0.3 is 14.8 Å². The molecule has 2 N–H and O–H groups in total. The minimum Gasteiger partial charge on any atom is -0.496 e. The van der Waals surface area contributed by atoms with Gasteiger partial charge in [-0.2, -0.15) is 5.10 Å². The molecule has 1 aliphatic heterocycles. The largest absolute Gasteiger partial charge is 0.496 e. The average molecular weight is 319 g/mol. The summed E-state index contributed by atoms with van der Waals surface area (Å²) in [6, 6.07) is 3.81. The first kappa shape index (κ1) is 16.8. The quantitative estimate of drug-likeness (QED) is 0.816. The van der Waals surface area contributed by atoms with Crippen LogP contribution in [0.5, 0.6) is 11.5 Å². The van der Waals surface area contributed by atoms with Crippen molar-refractivity contribution in [2.45, 2.75) is 26.2 Å². The number of carbonyl (C=O) groups excluding carboxylic acids is 2. The maximum Gasteiger partial charge on any atom is 0.267 e. The van der Waals surface area contributed by atoms with Crippen molar-refractivity contribution in [1.29, 1.82) is 0 Å². The molecule has 0 atom stereocenters. The Balaban J connectivity index is 1.95. The van der Waals surface area contributed by atoms with Crippen LogP contribution in [0.15, 0.2) is 17.2 Å². The maximum absolute atomic E-state index is 12.0. The standard InChI is InChI=1S/C16H21N3O4/c1-10-13(22-2)6-4-11(15(10)23-3)8-9-17-16(21)12-5-7-14(20)19-18-12/h4,6H,5,7-9H2,1-3H3,(H,17,21)(H,19,20). The van der Waals surface area contributed by atoms with Crippen molar-refractivity contribution in [2.24, 2.45) is 5.10 Å². The summed E-state index contributed by atoms with van der Waals surface area (Å²) in [6.45, 7) is 2.38. The number of rotatable bonds is 6. The second-order valence-corrected chi connectivity index (χ2v) is 5.18. The van der Waals surface area contributed by atoms with E-state index < -0.39 is 0 Å². The van der Waals surface area contributed by atoms with E-state index in [1.807, 2.05) is 19.1 Å². The molecule has 0 saturated carbocycles. The molecule has 1 aromatic carbocycles. The SMILES string of the molecule is COc1ccc(CCNC(=O)C2=NNC(=O)CC2)c(OC)c1C. The lowest BCUT2D eigenvalue weighted by molar-refractivity contribution is -0.121. The van der Waals surface area contributed by atoms with Crippen LogP contribution in [0.4, 0.5) is 0 Å². The van der Waals surface area contributed by atoms with Gasteiger partial charge in [0.1, 0.15) is 17.2 Å². The Morgan fingerprint density at radius 2 is 2.09 bits per heavy atom. The van der Waals surface area contributed by atoms with Gasteiger partial charge >= 0.3 is 0 Å². The van der Waals surface area contributed by atoms with Crippen LogP contribution in [0, 0.1) is 6.92 Å². The van der Waals surface area contributed by atoms with Crippen LogP contribution in [0.3, 0.4) is 0 Å². The van der Waals surface area contributed by atoms with E-state index in [-0.39, 0.29) is 18.2 Å².